The molecule has 4 nitrogen and oxygen atoms in total. The minimum Gasteiger partial charge on any atom is -0.497 e. The molecule has 0 radical (unpaired) electrons. The van der Waals surface area contributed by atoms with Crippen LogP contribution in [0.15, 0.2) is 84.9 Å². The standard InChI is InChI=1S/C28H26O4/c1-29-21-11-5-9-19(17-21)23-13-7-15-25(31-3)27(23)28-24(14-8-16-26(28)32-4)20-10-6-12-22(18-20)30-2/h5-18H,1-4H3. The van der Waals surface area contributed by atoms with Crippen LogP contribution in [-0.2, 0) is 0 Å². The summed E-state index contributed by atoms with van der Waals surface area (Å²) in [5.74, 6) is 3.12. The monoisotopic (exact) mass is 426 g/mol. The fourth-order valence-corrected chi connectivity index (χ4v) is 3.98. The summed E-state index contributed by atoms with van der Waals surface area (Å²) in [6.45, 7) is 0. The first-order valence-corrected chi connectivity index (χ1v) is 10.3. The number of hydrogen-bond acceptors (Lipinski definition) is 4. The van der Waals surface area contributed by atoms with E-state index in [-0.39, 0.29) is 0 Å². The van der Waals surface area contributed by atoms with Crippen LogP contribution in [0.4, 0.5) is 0 Å². The van der Waals surface area contributed by atoms with Gasteiger partial charge < -0.3 is 18.9 Å². The Kier molecular flexibility index (Phi) is 6.31. The summed E-state index contributed by atoms with van der Waals surface area (Å²) in [6, 6.07) is 28.2. The largest absolute Gasteiger partial charge is 0.497 e. The Morgan fingerprint density at radius 3 is 1.22 bits per heavy atom. The zero-order chi connectivity index (χ0) is 22.5. The highest BCUT2D eigenvalue weighted by atomic mass is 16.5. The van der Waals surface area contributed by atoms with E-state index in [2.05, 4.69) is 24.3 Å². The lowest BCUT2D eigenvalue weighted by atomic mass is 9.88. The fraction of sp³-hybridized carbons (Fsp3) is 0.143. The van der Waals surface area contributed by atoms with Gasteiger partial charge in [0.05, 0.1) is 28.4 Å². The van der Waals surface area contributed by atoms with Gasteiger partial charge >= 0.3 is 0 Å². The van der Waals surface area contributed by atoms with Gasteiger partial charge in [-0.05, 0) is 58.7 Å². The molecule has 0 unspecified atom stereocenters. The predicted molar refractivity (Wildman–Crippen MR) is 129 cm³/mol. The normalized spacial score (nSPS) is 10.5. The second-order valence-corrected chi connectivity index (χ2v) is 7.23. The topological polar surface area (TPSA) is 36.9 Å². The summed E-state index contributed by atoms with van der Waals surface area (Å²) in [7, 11) is 6.73. The highest BCUT2D eigenvalue weighted by Gasteiger charge is 2.21. The highest BCUT2D eigenvalue weighted by molar-refractivity contribution is 5.97. The average molecular weight is 427 g/mol. The van der Waals surface area contributed by atoms with Crippen molar-refractivity contribution in [2.24, 2.45) is 0 Å². The molecule has 4 heteroatoms. The molecular weight excluding hydrogens is 400 g/mol. The van der Waals surface area contributed by atoms with Crippen molar-refractivity contribution >= 4 is 0 Å². The third-order valence-electron chi connectivity index (χ3n) is 5.50. The Morgan fingerprint density at radius 1 is 0.438 bits per heavy atom. The van der Waals surface area contributed by atoms with E-state index in [1.165, 1.54) is 0 Å². The molecule has 0 amide bonds. The smallest absolute Gasteiger partial charge is 0.127 e. The van der Waals surface area contributed by atoms with E-state index < -0.39 is 0 Å². The van der Waals surface area contributed by atoms with Gasteiger partial charge in [-0.25, -0.2) is 0 Å². The van der Waals surface area contributed by atoms with Crippen molar-refractivity contribution in [3.05, 3.63) is 84.9 Å². The molecule has 0 bridgehead atoms. The van der Waals surface area contributed by atoms with Crippen molar-refractivity contribution in [3.8, 4) is 56.4 Å². The van der Waals surface area contributed by atoms with E-state index in [4.69, 9.17) is 18.9 Å². The molecule has 0 aliphatic rings. The summed E-state index contributed by atoms with van der Waals surface area (Å²) in [4.78, 5) is 0. The number of benzene rings is 4. The predicted octanol–water partition coefficient (Wildman–Crippen LogP) is 6.72. The molecule has 0 spiro atoms. The molecule has 0 aliphatic heterocycles. The van der Waals surface area contributed by atoms with Crippen molar-refractivity contribution in [1.82, 2.24) is 0 Å². The SMILES string of the molecule is COc1cccc(-c2cccc(OC)c2-c2c(OC)cccc2-c2cccc(OC)c2)c1. The Morgan fingerprint density at radius 2 is 0.844 bits per heavy atom. The number of rotatable bonds is 7. The molecule has 4 aromatic rings. The van der Waals surface area contributed by atoms with Crippen molar-refractivity contribution in [1.29, 1.82) is 0 Å². The van der Waals surface area contributed by atoms with Crippen LogP contribution in [-0.4, -0.2) is 28.4 Å². The van der Waals surface area contributed by atoms with Crippen molar-refractivity contribution in [3.63, 3.8) is 0 Å². The van der Waals surface area contributed by atoms with Gasteiger partial charge in [-0.1, -0.05) is 48.5 Å². The quantitative estimate of drug-likeness (QED) is 0.329. The molecule has 0 aromatic heterocycles. The third kappa shape index (κ3) is 4.00. The van der Waals surface area contributed by atoms with Crippen LogP contribution < -0.4 is 18.9 Å². The molecule has 0 saturated carbocycles. The number of methoxy groups -OCH3 is 4. The second kappa shape index (κ2) is 9.48. The summed E-state index contributed by atoms with van der Waals surface area (Å²) >= 11 is 0. The van der Waals surface area contributed by atoms with E-state index in [9.17, 15) is 0 Å². The maximum atomic E-state index is 5.84. The molecule has 0 atom stereocenters. The lowest BCUT2D eigenvalue weighted by Gasteiger charge is -2.20. The molecule has 4 aromatic carbocycles. The minimum absolute atomic E-state index is 0.763. The van der Waals surface area contributed by atoms with Gasteiger partial charge in [0, 0.05) is 11.1 Å². The minimum atomic E-state index is 0.763. The van der Waals surface area contributed by atoms with Crippen LogP contribution in [0.25, 0.3) is 33.4 Å². The Bertz CT molecular complexity index is 1130. The van der Waals surface area contributed by atoms with Crippen molar-refractivity contribution in [2.45, 2.75) is 0 Å². The molecule has 32 heavy (non-hydrogen) atoms. The van der Waals surface area contributed by atoms with Gasteiger partial charge in [0.1, 0.15) is 23.0 Å². The van der Waals surface area contributed by atoms with E-state index in [0.29, 0.717) is 0 Å². The van der Waals surface area contributed by atoms with Crippen LogP contribution in [0.3, 0.4) is 0 Å². The summed E-state index contributed by atoms with van der Waals surface area (Å²) in [6.07, 6.45) is 0. The van der Waals surface area contributed by atoms with Crippen LogP contribution in [0.2, 0.25) is 0 Å². The van der Waals surface area contributed by atoms with Crippen molar-refractivity contribution < 1.29 is 18.9 Å². The maximum absolute atomic E-state index is 5.84. The summed E-state index contributed by atoms with van der Waals surface area (Å²) in [5, 5.41) is 0. The first-order chi connectivity index (χ1) is 15.7. The second-order valence-electron chi connectivity index (χ2n) is 7.23. The summed E-state index contributed by atoms with van der Waals surface area (Å²) in [5.41, 5.74) is 6.02. The van der Waals surface area contributed by atoms with E-state index >= 15 is 0 Å². The molecular formula is C28H26O4. The van der Waals surface area contributed by atoms with E-state index in [1.807, 2.05) is 60.7 Å². The first kappa shape index (κ1) is 21.3. The Balaban J connectivity index is 2.05. The summed E-state index contributed by atoms with van der Waals surface area (Å²) < 4.78 is 22.6. The molecule has 0 N–H and O–H groups in total. The van der Waals surface area contributed by atoms with Gasteiger partial charge in [0.15, 0.2) is 0 Å². The zero-order valence-electron chi connectivity index (χ0n) is 18.7. The van der Waals surface area contributed by atoms with Crippen LogP contribution in [0.5, 0.6) is 23.0 Å². The molecule has 162 valence electrons. The lowest BCUT2D eigenvalue weighted by Crippen LogP contribution is -1.97. The van der Waals surface area contributed by atoms with E-state index in [0.717, 1.165) is 56.4 Å². The fourth-order valence-electron chi connectivity index (χ4n) is 3.98. The average Bonchev–Trinajstić information content (AvgIpc) is 2.87. The first-order valence-electron chi connectivity index (χ1n) is 10.3. The van der Waals surface area contributed by atoms with Gasteiger partial charge in [0.25, 0.3) is 0 Å². The van der Waals surface area contributed by atoms with Gasteiger partial charge in [-0.3, -0.25) is 0 Å². The van der Waals surface area contributed by atoms with Gasteiger partial charge in [-0.15, -0.1) is 0 Å². The number of ether oxygens (including phenoxy) is 4. The van der Waals surface area contributed by atoms with E-state index in [1.54, 1.807) is 28.4 Å². The van der Waals surface area contributed by atoms with Crippen LogP contribution in [0.1, 0.15) is 0 Å². The third-order valence-corrected chi connectivity index (χ3v) is 5.50. The van der Waals surface area contributed by atoms with Crippen LogP contribution >= 0.6 is 0 Å². The molecule has 0 fully saturated rings. The lowest BCUT2D eigenvalue weighted by molar-refractivity contribution is 0.410. The maximum Gasteiger partial charge on any atom is 0.127 e. The molecule has 0 aliphatic carbocycles. The van der Waals surface area contributed by atoms with Crippen molar-refractivity contribution in [2.75, 3.05) is 28.4 Å². The highest BCUT2D eigenvalue weighted by Crippen LogP contribution is 2.48. The van der Waals surface area contributed by atoms with Gasteiger partial charge in [-0.2, -0.15) is 0 Å². The molecule has 4 rings (SSSR count). The molecule has 0 heterocycles. The zero-order valence-corrected chi connectivity index (χ0v) is 18.7. The number of hydrogen-bond donors (Lipinski definition) is 0. The van der Waals surface area contributed by atoms with Crippen LogP contribution in [0, 0.1) is 0 Å². The molecule has 0 saturated heterocycles. The van der Waals surface area contributed by atoms with Gasteiger partial charge in [0.2, 0.25) is 0 Å². The Hall–Kier alpha value is -3.92. The Labute approximate surface area is 189 Å².